The van der Waals surface area contributed by atoms with E-state index in [1.807, 2.05) is 24.3 Å². The highest BCUT2D eigenvalue weighted by atomic mass is 16.5. The van der Waals surface area contributed by atoms with Crippen molar-refractivity contribution in [2.24, 2.45) is 0 Å². The number of rotatable bonds is 2. The van der Waals surface area contributed by atoms with Crippen molar-refractivity contribution in [2.75, 3.05) is 27.2 Å². The number of carbonyl (C=O) groups is 2. The first-order chi connectivity index (χ1) is 13.0. The summed E-state index contributed by atoms with van der Waals surface area (Å²) in [4.78, 5) is 36.7. The van der Waals surface area contributed by atoms with Crippen molar-refractivity contribution in [3.63, 3.8) is 0 Å². The van der Waals surface area contributed by atoms with Gasteiger partial charge in [-0.25, -0.2) is 4.98 Å². The zero-order chi connectivity index (χ0) is 19.0. The van der Waals surface area contributed by atoms with Crippen molar-refractivity contribution < 1.29 is 14.3 Å². The number of carbonyl (C=O) groups excluding carboxylic acids is 2. The van der Waals surface area contributed by atoms with Crippen molar-refractivity contribution in [3.05, 3.63) is 59.7 Å². The minimum absolute atomic E-state index is 0.0580. The fraction of sp³-hybridized carbons (Fsp3) is 0.400. The second kappa shape index (κ2) is 6.74. The molecule has 1 aromatic carbocycles. The van der Waals surface area contributed by atoms with Crippen LogP contribution in [0.25, 0.3) is 0 Å². The fourth-order valence-corrected chi connectivity index (χ4v) is 3.94. The molecule has 0 bridgehead atoms. The van der Waals surface area contributed by atoms with Gasteiger partial charge in [-0.15, -0.1) is 0 Å². The molecular weight excluding hydrogens is 344 g/mol. The molecule has 1 aromatic heterocycles. The summed E-state index contributed by atoms with van der Waals surface area (Å²) < 4.78 is 6.36. The van der Waals surface area contributed by atoms with Crippen molar-refractivity contribution in [1.29, 1.82) is 0 Å². The molecule has 0 N–H and O–H groups in total. The lowest BCUT2D eigenvalue weighted by Gasteiger charge is -2.39. The lowest BCUT2D eigenvalue weighted by atomic mass is 9.83. The molecule has 140 valence electrons. The molecule has 1 unspecified atom stereocenters. The van der Waals surface area contributed by atoms with Crippen LogP contribution in [-0.2, 0) is 15.1 Å². The van der Waals surface area contributed by atoms with Gasteiger partial charge in [0.1, 0.15) is 5.69 Å². The number of hydrogen-bond acceptors (Lipinski definition) is 5. The highest BCUT2D eigenvalue weighted by Gasteiger charge is 2.49. The summed E-state index contributed by atoms with van der Waals surface area (Å²) in [5.74, 6) is -0.178. The van der Waals surface area contributed by atoms with Gasteiger partial charge in [-0.1, -0.05) is 24.3 Å². The largest absolute Gasteiger partial charge is 0.352 e. The number of ether oxygens (including phenoxy) is 1. The van der Waals surface area contributed by atoms with Crippen molar-refractivity contribution in [2.45, 2.75) is 24.5 Å². The van der Waals surface area contributed by atoms with E-state index in [1.165, 1.54) is 12.4 Å². The molecular formula is C20H22N4O3. The summed E-state index contributed by atoms with van der Waals surface area (Å²) in [6, 6.07) is 7.92. The number of likely N-dealkylation sites (tertiary alicyclic amines) is 1. The number of aromatic nitrogens is 2. The second-order valence-electron chi connectivity index (χ2n) is 7.19. The van der Waals surface area contributed by atoms with Gasteiger partial charge in [0.25, 0.3) is 11.8 Å². The van der Waals surface area contributed by atoms with E-state index in [-0.39, 0.29) is 11.8 Å². The Morgan fingerprint density at radius 2 is 1.93 bits per heavy atom. The van der Waals surface area contributed by atoms with E-state index in [0.717, 1.165) is 11.1 Å². The first kappa shape index (κ1) is 17.6. The molecule has 2 aliphatic rings. The monoisotopic (exact) mass is 366 g/mol. The molecule has 7 heteroatoms. The summed E-state index contributed by atoms with van der Waals surface area (Å²) in [6.07, 6.45) is 5.26. The topological polar surface area (TPSA) is 75.6 Å². The van der Waals surface area contributed by atoms with Crippen LogP contribution >= 0.6 is 0 Å². The fourth-order valence-electron chi connectivity index (χ4n) is 3.94. The third-order valence-electron chi connectivity index (χ3n) is 5.38. The van der Waals surface area contributed by atoms with Gasteiger partial charge < -0.3 is 14.5 Å². The summed E-state index contributed by atoms with van der Waals surface area (Å²) in [6.45, 7) is 1.10. The Bertz CT molecular complexity index is 861. The molecule has 2 aromatic rings. The highest BCUT2D eigenvalue weighted by molar-refractivity contribution is 5.92. The van der Waals surface area contributed by atoms with E-state index >= 15 is 0 Å². The molecule has 1 spiro atoms. The van der Waals surface area contributed by atoms with Crippen molar-refractivity contribution >= 4 is 11.8 Å². The maximum Gasteiger partial charge on any atom is 0.274 e. The first-order valence-electron chi connectivity index (χ1n) is 9.05. The Hall–Kier alpha value is -2.80. The maximum absolute atomic E-state index is 12.6. The van der Waals surface area contributed by atoms with E-state index in [1.54, 1.807) is 30.1 Å². The number of likely N-dealkylation sites (N-methyl/N-ethyl adjacent to an activating group) is 1. The Morgan fingerprint density at radius 3 is 2.59 bits per heavy atom. The van der Waals surface area contributed by atoms with Crippen molar-refractivity contribution in [3.8, 4) is 0 Å². The number of piperidine rings is 1. The first-order valence-corrected chi connectivity index (χ1v) is 9.05. The Kier molecular flexibility index (Phi) is 4.39. The summed E-state index contributed by atoms with van der Waals surface area (Å²) >= 11 is 0. The van der Waals surface area contributed by atoms with Crippen LogP contribution in [0.3, 0.4) is 0 Å². The third-order valence-corrected chi connectivity index (χ3v) is 5.38. The molecule has 0 saturated carbocycles. The van der Waals surface area contributed by atoms with Crippen LogP contribution in [0.15, 0.2) is 42.9 Å². The summed E-state index contributed by atoms with van der Waals surface area (Å²) in [7, 11) is 3.48. The quantitative estimate of drug-likeness (QED) is 0.810. The van der Waals surface area contributed by atoms with Gasteiger partial charge in [0.15, 0.2) is 6.10 Å². The molecule has 0 radical (unpaired) electrons. The molecule has 1 saturated heterocycles. The van der Waals surface area contributed by atoms with Gasteiger partial charge in [-0.3, -0.25) is 14.6 Å². The number of amides is 2. The van der Waals surface area contributed by atoms with E-state index in [9.17, 15) is 9.59 Å². The lowest BCUT2D eigenvalue weighted by Crippen LogP contribution is -2.45. The molecule has 1 fully saturated rings. The highest BCUT2D eigenvalue weighted by Crippen LogP contribution is 2.49. The molecule has 2 amide bonds. The second-order valence-corrected chi connectivity index (χ2v) is 7.19. The minimum atomic E-state index is -0.585. The number of benzene rings is 1. The third kappa shape index (κ3) is 2.98. The molecule has 1 atom stereocenters. The van der Waals surface area contributed by atoms with Crippen LogP contribution in [0.2, 0.25) is 0 Å². The van der Waals surface area contributed by atoms with Crippen LogP contribution in [0.1, 0.15) is 40.6 Å². The van der Waals surface area contributed by atoms with Crippen LogP contribution in [0.5, 0.6) is 0 Å². The molecule has 27 heavy (non-hydrogen) atoms. The summed E-state index contributed by atoms with van der Waals surface area (Å²) in [5, 5.41) is 0. The van der Waals surface area contributed by atoms with E-state index in [4.69, 9.17) is 4.74 Å². The molecule has 4 rings (SSSR count). The maximum atomic E-state index is 12.6. The number of nitrogens with zero attached hydrogens (tertiary/aromatic N) is 4. The number of hydrogen-bond donors (Lipinski definition) is 0. The summed E-state index contributed by atoms with van der Waals surface area (Å²) in [5.41, 5.74) is 1.83. The molecule has 3 heterocycles. The predicted molar refractivity (Wildman–Crippen MR) is 97.8 cm³/mol. The lowest BCUT2D eigenvalue weighted by molar-refractivity contribution is -0.157. The van der Waals surface area contributed by atoms with Gasteiger partial charge in [0, 0.05) is 39.6 Å². The molecule has 2 aliphatic heterocycles. The number of fused-ring (bicyclic) bond motifs is 2. The van der Waals surface area contributed by atoms with Gasteiger partial charge >= 0.3 is 0 Å². The van der Waals surface area contributed by atoms with Gasteiger partial charge in [0.2, 0.25) is 0 Å². The smallest absolute Gasteiger partial charge is 0.274 e. The predicted octanol–water partition coefficient (Wildman–Crippen LogP) is 1.77. The van der Waals surface area contributed by atoms with Crippen molar-refractivity contribution in [1.82, 2.24) is 19.8 Å². The molecule has 0 aliphatic carbocycles. The van der Waals surface area contributed by atoms with E-state index in [0.29, 0.717) is 31.6 Å². The van der Waals surface area contributed by atoms with Gasteiger partial charge in [0.05, 0.1) is 11.8 Å². The normalized spacial score (nSPS) is 20.4. The SMILES string of the molecule is CN(C)C(=O)C1OC2(CCN(C(=O)c3cnccn3)CC2)c2ccccc21. The Morgan fingerprint density at radius 1 is 1.19 bits per heavy atom. The minimum Gasteiger partial charge on any atom is -0.352 e. The average Bonchev–Trinajstić information content (AvgIpc) is 3.02. The van der Waals surface area contributed by atoms with E-state index < -0.39 is 11.7 Å². The zero-order valence-electron chi connectivity index (χ0n) is 15.5. The standard InChI is InChI=1S/C20H22N4O3/c1-23(2)19(26)17-14-5-3-4-6-15(14)20(27-17)7-11-24(12-8-20)18(25)16-13-21-9-10-22-16/h3-6,9-10,13,17H,7-8,11-12H2,1-2H3. The Balaban J connectivity index is 1.56. The van der Waals surface area contributed by atoms with E-state index in [2.05, 4.69) is 9.97 Å². The van der Waals surface area contributed by atoms with Crippen LogP contribution in [-0.4, -0.2) is 58.8 Å². The van der Waals surface area contributed by atoms with Gasteiger partial charge in [-0.05, 0) is 24.0 Å². The van der Waals surface area contributed by atoms with Crippen LogP contribution in [0, 0.1) is 0 Å². The zero-order valence-corrected chi connectivity index (χ0v) is 15.5. The van der Waals surface area contributed by atoms with Gasteiger partial charge in [-0.2, -0.15) is 0 Å². The van der Waals surface area contributed by atoms with Crippen LogP contribution < -0.4 is 0 Å². The van der Waals surface area contributed by atoms with Crippen LogP contribution in [0.4, 0.5) is 0 Å². The average molecular weight is 366 g/mol. The Labute approximate surface area is 158 Å². The molecule has 7 nitrogen and oxygen atoms in total.